The fourth-order valence-electron chi connectivity index (χ4n) is 5.04. The number of fused-ring (bicyclic) bond motifs is 1. The van der Waals surface area contributed by atoms with Gasteiger partial charge >= 0.3 is 11.9 Å². The Morgan fingerprint density at radius 2 is 1.59 bits per heavy atom. The minimum atomic E-state index is -1.07. The van der Waals surface area contributed by atoms with Gasteiger partial charge in [0.1, 0.15) is 12.1 Å². The van der Waals surface area contributed by atoms with Gasteiger partial charge < -0.3 is 15.6 Å². The highest BCUT2D eigenvalue weighted by Crippen LogP contribution is 2.24. The zero-order valence-electron chi connectivity index (χ0n) is 24.5. The summed E-state index contributed by atoms with van der Waals surface area (Å²) in [4.78, 5) is 54.1. The van der Waals surface area contributed by atoms with Gasteiger partial charge in [-0.15, -0.1) is 0 Å². The molecule has 0 spiro atoms. The second kappa shape index (κ2) is 19.6. The highest BCUT2D eigenvalue weighted by Gasteiger charge is 2.30. The van der Waals surface area contributed by atoms with Crippen molar-refractivity contribution in [3.05, 3.63) is 36.5 Å². The molecule has 0 aliphatic rings. The van der Waals surface area contributed by atoms with Crippen LogP contribution < -0.4 is 10.6 Å². The molecule has 0 fully saturated rings. The summed E-state index contributed by atoms with van der Waals surface area (Å²) in [5.41, 5.74) is 6.58. The van der Waals surface area contributed by atoms with E-state index in [0.29, 0.717) is 18.5 Å². The van der Waals surface area contributed by atoms with E-state index >= 15 is 0 Å². The van der Waals surface area contributed by atoms with Crippen molar-refractivity contribution in [1.29, 1.82) is 0 Å². The standard InChI is InChI=1S/C32H47N3O6/c1-2-3-4-5-6-7-8-9-10-11-12-17-27(22-30(33)37)41-32(40)29(19-15-20-31(38)39)35(24-36)26-21-25-16-13-14-18-28(25)34-23-26/h13-14,16,18,21,23-24,27,29H,2-12,15,17,19-20,22H2,1H3,(H2,33,37)(H,38,39)/t27?,29-/m0/s1. The number of anilines is 1. The van der Waals surface area contributed by atoms with Crippen molar-refractivity contribution in [2.24, 2.45) is 5.73 Å². The number of aromatic nitrogens is 1. The van der Waals surface area contributed by atoms with Crippen LogP contribution in [0.4, 0.5) is 5.69 Å². The molecule has 0 aliphatic carbocycles. The molecule has 0 saturated heterocycles. The summed E-state index contributed by atoms with van der Waals surface area (Å²) in [5, 5.41) is 9.90. The van der Waals surface area contributed by atoms with Crippen LogP contribution in [0.15, 0.2) is 36.5 Å². The van der Waals surface area contributed by atoms with E-state index in [-0.39, 0.29) is 25.7 Å². The van der Waals surface area contributed by atoms with Crippen LogP contribution in [-0.2, 0) is 23.9 Å². The number of benzene rings is 1. The van der Waals surface area contributed by atoms with Gasteiger partial charge in [0.05, 0.1) is 23.8 Å². The van der Waals surface area contributed by atoms with Gasteiger partial charge in [0.15, 0.2) is 0 Å². The number of carboxylic acids is 1. The van der Waals surface area contributed by atoms with Crippen LogP contribution in [0.25, 0.3) is 10.9 Å². The maximum absolute atomic E-state index is 13.4. The molecule has 3 N–H and O–H groups in total. The van der Waals surface area contributed by atoms with Crippen LogP contribution in [0.2, 0.25) is 0 Å². The molecular weight excluding hydrogens is 522 g/mol. The molecule has 0 bridgehead atoms. The highest BCUT2D eigenvalue weighted by molar-refractivity contribution is 5.92. The molecule has 1 heterocycles. The first-order chi connectivity index (χ1) is 19.8. The van der Waals surface area contributed by atoms with Gasteiger partial charge in [-0.25, -0.2) is 4.79 Å². The lowest BCUT2D eigenvalue weighted by Gasteiger charge is -2.28. The third-order valence-electron chi connectivity index (χ3n) is 7.31. The lowest BCUT2D eigenvalue weighted by Crippen LogP contribution is -2.43. The predicted octanol–water partition coefficient (Wildman–Crippen LogP) is 6.31. The molecule has 1 aromatic heterocycles. The summed E-state index contributed by atoms with van der Waals surface area (Å²) in [6.07, 6.45) is 14.8. The molecule has 1 unspecified atom stereocenters. The lowest BCUT2D eigenvalue weighted by atomic mass is 10.0. The van der Waals surface area contributed by atoms with Crippen LogP contribution in [-0.4, -0.2) is 46.5 Å². The normalized spacial score (nSPS) is 12.5. The molecule has 2 atom stereocenters. The number of carbonyl (C=O) groups is 4. The van der Waals surface area contributed by atoms with E-state index in [9.17, 15) is 19.2 Å². The number of amides is 2. The van der Waals surface area contributed by atoms with E-state index in [1.54, 1.807) is 6.07 Å². The zero-order chi connectivity index (χ0) is 29.9. The van der Waals surface area contributed by atoms with Crippen LogP contribution in [0.5, 0.6) is 0 Å². The molecule has 226 valence electrons. The van der Waals surface area contributed by atoms with E-state index in [2.05, 4.69) is 11.9 Å². The molecule has 9 nitrogen and oxygen atoms in total. The molecule has 0 aliphatic heterocycles. The Bertz CT molecular complexity index is 1090. The molecule has 1 aromatic carbocycles. The second-order valence-corrected chi connectivity index (χ2v) is 10.8. The molecule has 0 saturated carbocycles. The Morgan fingerprint density at radius 1 is 0.951 bits per heavy atom. The number of nitrogens with zero attached hydrogens (tertiary/aromatic N) is 2. The van der Waals surface area contributed by atoms with Gasteiger partial charge in [0.2, 0.25) is 12.3 Å². The van der Waals surface area contributed by atoms with Gasteiger partial charge in [-0.1, -0.05) is 89.3 Å². The Labute approximate surface area is 243 Å². The van der Waals surface area contributed by atoms with Crippen LogP contribution in [0.3, 0.4) is 0 Å². The molecule has 2 amide bonds. The van der Waals surface area contributed by atoms with Crippen LogP contribution in [0.1, 0.15) is 110 Å². The number of nitrogens with two attached hydrogens (primary N) is 1. The molecule has 41 heavy (non-hydrogen) atoms. The summed E-state index contributed by atoms with van der Waals surface area (Å²) >= 11 is 0. The summed E-state index contributed by atoms with van der Waals surface area (Å²) in [6.45, 7) is 2.22. The average molecular weight is 570 g/mol. The number of esters is 1. The molecule has 2 rings (SSSR count). The first-order valence-corrected chi connectivity index (χ1v) is 15.1. The number of pyridine rings is 1. The molecule has 2 aromatic rings. The third-order valence-corrected chi connectivity index (χ3v) is 7.31. The van der Waals surface area contributed by atoms with E-state index in [1.807, 2.05) is 24.3 Å². The first-order valence-electron chi connectivity index (χ1n) is 15.1. The van der Waals surface area contributed by atoms with Crippen LogP contribution >= 0.6 is 0 Å². The van der Waals surface area contributed by atoms with Gasteiger partial charge in [-0.3, -0.25) is 24.3 Å². The fraction of sp³-hybridized carbons (Fsp3) is 0.594. The third kappa shape index (κ3) is 13.1. The molecule has 9 heteroatoms. The van der Waals surface area contributed by atoms with Gasteiger partial charge in [0.25, 0.3) is 0 Å². The van der Waals surface area contributed by atoms with Crippen molar-refractivity contribution in [3.63, 3.8) is 0 Å². The number of ether oxygens (including phenoxy) is 1. The Hall–Kier alpha value is -3.49. The number of carbonyl (C=O) groups excluding carboxylic acids is 3. The summed E-state index contributed by atoms with van der Waals surface area (Å²) < 4.78 is 5.76. The quantitative estimate of drug-likeness (QED) is 0.0908. The maximum atomic E-state index is 13.4. The maximum Gasteiger partial charge on any atom is 0.329 e. The van der Waals surface area contributed by atoms with Crippen LogP contribution in [0, 0.1) is 0 Å². The van der Waals surface area contributed by atoms with Gasteiger partial charge in [0, 0.05) is 11.8 Å². The number of hydrogen-bond donors (Lipinski definition) is 2. The largest absolute Gasteiger partial charge is 0.481 e. The van der Waals surface area contributed by atoms with Gasteiger partial charge in [-0.2, -0.15) is 0 Å². The van der Waals surface area contributed by atoms with Gasteiger partial charge in [-0.05, 0) is 37.8 Å². The summed E-state index contributed by atoms with van der Waals surface area (Å²) in [6, 6.07) is 8.07. The Morgan fingerprint density at radius 3 is 2.20 bits per heavy atom. The number of carboxylic acid groups (broad SMARTS) is 1. The number of primary amides is 1. The Balaban J connectivity index is 1.99. The lowest BCUT2D eigenvalue weighted by molar-refractivity contribution is -0.153. The zero-order valence-corrected chi connectivity index (χ0v) is 24.5. The summed E-state index contributed by atoms with van der Waals surface area (Å²) in [7, 11) is 0. The second-order valence-electron chi connectivity index (χ2n) is 10.8. The monoisotopic (exact) mass is 569 g/mol. The first kappa shape index (κ1) is 33.7. The van der Waals surface area contributed by atoms with Crippen molar-refractivity contribution >= 4 is 40.8 Å². The predicted molar refractivity (Wildman–Crippen MR) is 160 cm³/mol. The Kier molecular flexibility index (Phi) is 16.1. The molecule has 0 radical (unpaired) electrons. The fourth-order valence-corrected chi connectivity index (χ4v) is 5.04. The topological polar surface area (TPSA) is 140 Å². The summed E-state index contributed by atoms with van der Waals surface area (Å²) in [5.74, 6) is -2.26. The van der Waals surface area contributed by atoms with Crippen molar-refractivity contribution in [3.8, 4) is 0 Å². The van der Waals surface area contributed by atoms with E-state index < -0.39 is 30.0 Å². The number of para-hydroxylation sites is 1. The average Bonchev–Trinajstić information content (AvgIpc) is 2.94. The molecular formula is C32H47N3O6. The smallest absolute Gasteiger partial charge is 0.329 e. The van der Waals surface area contributed by atoms with Crippen molar-refractivity contribution in [2.75, 3.05) is 4.90 Å². The SMILES string of the molecule is CCCCCCCCCCCCCC(CC(N)=O)OC(=O)[C@H](CCCC(=O)O)N(C=O)c1cnc2ccccc2c1. The number of unbranched alkanes of at least 4 members (excludes halogenated alkanes) is 10. The van der Waals surface area contributed by atoms with E-state index in [1.165, 1.54) is 56.0 Å². The van der Waals surface area contributed by atoms with Crippen molar-refractivity contribution in [1.82, 2.24) is 4.98 Å². The van der Waals surface area contributed by atoms with Crippen molar-refractivity contribution in [2.45, 2.75) is 122 Å². The van der Waals surface area contributed by atoms with E-state index in [0.717, 1.165) is 36.6 Å². The number of rotatable bonds is 23. The number of hydrogen-bond acceptors (Lipinski definition) is 6. The number of aliphatic carboxylic acids is 1. The highest BCUT2D eigenvalue weighted by atomic mass is 16.5. The minimum absolute atomic E-state index is 0.0818. The van der Waals surface area contributed by atoms with Crippen molar-refractivity contribution < 1.29 is 29.0 Å². The minimum Gasteiger partial charge on any atom is -0.481 e. The van der Waals surface area contributed by atoms with E-state index in [4.69, 9.17) is 15.6 Å².